The van der Waals surface area contributed by atoms with Crippen molar-refractivity contribution in [1.29, 1.82) is 0 Å². The number of amides is 2. The molecular formula is C14H26N4O3. The van der Waals surface area contributed by atoms with Gasteiger partial charge in [-0.1, -0.05) is 32.9 Å². The monoisotopic (exact) mass is 298 g/mol. The number of rotatable bonds is 5. The fourth-order valence-corrected chi connectivity index (χ4v) is 1.52. The third kappa shape index (κ3) is 5.00. The molecule has 1 aromatic heterocycles. The van der Waals surface area contributed by atoms with E-state index in [0.717, 1.165) is 0 Å². The zero-order chi connectivity index (χ0) is 16.2. The molecule has 120 valence electrons. The standard InChI is InChI=1S/C14H26N4O3/c1-8(7-19)9(2)15-13(20)16-10(3)11-17-12(18-21-11)14(4,5)6/h8-10,19H,7H2,1-6H3,(H2,15,16,20). The predicted molar refractivity (Wildman–Crippen MR) is 78.8 cm³/mol. The second-order valence-electron chi connectivity index (χ2n) is 6.49. The van der Waals surface area contributed by atoms with Crippen molar-refractivity contribution >= 4 is 6.03 Å². The number of nitrogens with zero attached hydrogens (tertiary/aromatic N) is 2. The van der Waals surface area contributed by atoms with Crippen LogP contribution in [-0.4, -0.2) is 33.9 Å². The van der Waals surface area contributed by atoms with E-state index in [0.29, 0.717) is 11.7 Å². The molecule has 1 heterocycles. The molecule has 0 bridgehead atoms. The third-order valence-corrected chi connectivity index (χ3v) is 3.33. The normalized spacial score (nSPS) is 16.1. The molecule has 0 saturated carbocycles. The largest absolute Gasteiger partial charge is 0.396 e. The summed E-state index contributed by atoms with van der Waals surface area (Å²) in [5.74, 6) is 0.966. The highest BCUT2D eigenvalue weighted by Crippen LogP contribution is 2.20. The zero-order valence-electron chi connectivity index (χ0n) is 13.6. The molecule has 21 heavy (non-hydrogen) atoms. The molecule has 2 amide bonds. The Morgan fingerprint density at radius 1 is 1.29 bits per heavy atom. The van der Waals surface area contributed by atoms with Gasteiger partial charge in [0.05, 0.1) is 0 Å². The molecule has 1 rings (SSSR count). The average molecular weight is 298 g/mol. The number of nitrogens with one attached hydrogen (secondary N) is 2. The Labute approximate surface area is 125 Å². The van der Waals surface area contributed by atoms with Crippen molar-refractivity contribution in [3.05, 3.63) is 11.7 Å². The van der Waals surface area contributed by atoms with Gasteiger partial charge in [0.25, 0.3) is 0 Å². The lowest BCUT2D eigenvalue weighted by Gasteiger charge is -2.20. The van der Waals surface area contributed by atoms with Gasteiger partial charge in [-0.05, 0) is 19.8 Å². The van der Waals surface area contributed by atoms with Gasteiger partial charge in [0, 0.05) is 18.1 Å². The summed E-state index contributed by atoms with van der Waals surface area (Å²) in [6.45, 7) is 11.5. The number of aliphatic hydroxyl groups excluding tert-OH is 1. The molecule has 0 aliphatic rings. The van der Waals surface area contributed by atoms with Crippen molar-refractivity contribution in [2.75, 3.05) is 6.61 Å². The topological polar surface area (TPSA) is 100 Å². The molecule has 3 N–H and O–H groups in total. The van der Waals surface area contributed by atoms with Crippen LogP contribution in [0.2, 0.25) is 0 Å². The summed E-state index contributed by atoms with van der Waals surface area (Å²) in [7, 11) is 0. The number of hydrogen-bond donors (Lipinski definition) is 3. The van der Waals surface area contributed by atoms with E-state index < -0.39 is 0 Å². The van der Waals surface area contributed by atoms with E-state index in [1.54, 1.807) is 6.92 Å². The van der Waals surface area contributed by atoms with Gasteiger partial charge in [0.2, 0.25) is 5.89 Å². The first-order valence-corrected chi connectivity index (χ1v) is 7.17. The number of carbonyl (C=O) groups excluding carboxylic acids is 1. The first kappa shape index (κ1) is 17.4. The smallest absolute Gasteiger partial charge is 0.315 e. The van der Waals surface area contributed by atoms with E-state index in [1.807, 2.05) is 34.6 Å². The molecule has 0 aliphatic heterocycles. The second-order valence-corrected chi connectivity index (χ2v) is 6.49. The van der Waals surface area contributed by atoms with Gasteiger partial charge in [0.15, 0.2) is 5.82 Å². The molecule has 3 atom stereocenters. The summed E-state index contributed by atoms with van der Waals surface area (Å²) >= 11 is 0. The van der Waals surface area contributed by atoms with Crippen LogP contribution in [0.15, 0.2) is 4.52 Å². The number of aliphatic hydroxyl groups is 1. The van der Waals surface area contributed by atoms with Gasteiger partial charge >= 0.3 is 6.03 Å². The summed E-state index contributed by atoms with van der Waals surface area (Å²) < 4.78 is 5.18. The Bertz CT molecular complexity index is 467. The van der Waals surface area contributed by atoms with Crippen molar-refractivity contribution in [2.45, 2.75) is 59.0 Å². The second kappa shape index (κ2) is 6.89. The Hall–Kier alpha value is -1.63. The molecule has 1 aromatic rings. The number of hydrogen-bond acceptors (Lipinski definition) is 5. The van der Waals surface area contributed by atoms with E-state index in [9.17, 15) is 4.79 Å². The van der Waals surface area contributed by atoms with Gasteiger partial charge < -0.3 is 20.3 Å². The van der Waals surface area contributed by atoms with Crippen molar-refractivity contribution in [3.63, 3.8) is 0 Å². The molecule has 7 heteroatoms. The lowest BCUT2D eigenvalue weighted by atomic mass is 9.96. The molecule has 0 aliphatic carbocycles. The summed E-state index contributed by atoms with van der Waals surface area (Å²) in [5, 5.41) is 18.5. The Balaban J connectivity index is 2.59. The minimum Gasteiger partial charge on any atom is -0.396 e. The van der Waals surface area contributed by atoms with E-state index in [2.05, 4.69) is 20.8 Å². The van der Waals surface area contributed by atoms with Crippen LogP contribution >= 0.6 is 0 Å². The van der Waals surface area contributed by atoms with E-state index in [-0.39, 0.29) is 36.1 Å². The lowest BCUT2D eigenvalue weighted by Crippen LogP contribution is -2.45. The minimum absolute atomic E-state index is 0.0121. The van der Waals surface area contributed by atoms with Crippen molar-refractivity contribution in [3.8, 4) is 0 Å². The van der Waals surface area contributed by atoms with Crippen molar-refractivity contribution in [2.24, 2.45) is 5.92 Å². The van der Waals surface area contributed by atoms with Gasteiger partial charge in [-0.2, -0.15) is 4.98 Å². The summed E-state index contributed by atoms with van der Waals surface area (Å²) in [6, 6.07) is -0.842. The van der Waals surface area contributed by atoms with Crippen LogP contribution < -0.4 is 10.6 Å². The molecule has 0 radical (unpaired) electrons. The van der Waals surface area contributed by atoms with Gasteiger partial charge in [-0.15, -0.1) is 0 Å². The maximum Gasteiger partial charge on any atom is 0.315 e. The molecule has 3 unspecified atom stereocenters. The van der Waals surface area contributed by atoms with Crippen LogP contribution in [0.3, 0.4) is 0 Å². The quantitative estimate of drug-likeness (QED) is 0.769. The number of carbonyl (C=O) groups is 1. The fourth-order valence-electron chi connectivity index (χ4n) is 1.52. The maximum atomic E-state index is 11.9. The lowest BCUT2D eigenvalue weighted by molar-refractivity contribution is 0.198. The average Bonchev–Trinajstić information content (AvgIpc) is 2.86. The Kier molecular flexibility index (Phi) is 5.71. The first-order valence-electron chi connectivity index (χ1n) is 7.17. The van der Waals surface area contributed by atoms with Gasteiger partial charge in [-0.3, -0.25) is 0 Å². The molecular weight excluding hydrogens is 272 g/mol. The highest BCUT2D eigenvalue weighted by molar-refractivity contribution is 5.74. The zero-order valence-corrected chi connectivity index (χ0v) is 13.6. The summed E-state index contributed by atoms with van der Waals surface area (Å²) in [6.07, 6.45) is 0. The van der Waals surface area contributed by atoms with E-state index in [1.165, 1.54) is 0 Å². The summed E-state index contributed by atoms with van der Waals surface area (Å²) in [4.78, 5) is 16.2. The highest BCUT2D eigenvalue weighted by atomic mass is 16.5. The van der Waals surface area contributed by atoms with Crippen LogP contribution in [0, 0.1) is 5.92 Å². The Morgan fingerprint density at radius 2 is 1.90 bits per heavy atom. The highest BCUT2D eigenvalue weighted by Gasteiger charge is 2.24. The molecule has 0 saturated heterocycles. The number of urea groups is 1. The molecule has 7 nitrogen and oxygen atoms in total. The first-order chi connectivity index (χ1) is 9.65. The van der Waals surface area contributed by atoms with Crippen LogP contribution in [0.1, 0.15) is 59.3 Å². The van der Waals surface area contributed by atoms with Crippen molar-refractivity contribution in [1.82, 2.24) is 20.8 Å². The predicted octanol–water partition coefficient (Wildman–Crippen LogP) is 1.74. The molecule has 0 spiro atoms. The SMILES string of the molecule is CC(NC(=O)NC(C)C(C)CO)c1nc(C(C)(C)C)no1. The van der Waals surface area contributed by atoms with Crippen LogP contribution in [0.25, 0.3) is 0 Å². The maximum absolute atomic E-state index is 11.9. The summed E-state index contributed by atoms with van der Waals surface area (Å²) in [5.41, 5.74) is -0.200. The third-order valence-electron chi connectivity index (χ3n) is 3.33. The molecule has 0 fully saturated rings. The number of aromatic nitrogens is 2. The van der Waals surface area contributed by atoms with Gasteiger partial charge in [-0.25, -0.2) is 4.79 Å². The fraction of sp³-hybridized carbons (Fsp3) is 0.786. The van der Waals surface area contributed by atoms with Crippen LogP contribution in [0.5, 0.6) is 0 Å². The van der Waals surface area contributed by atoms with Crippen LogP contribution in [0.4, 0.5) is 4.79 Å². The van der Waals surface area contributed by atoms with E-state index in [4.69, 9.17) is 9.63 Å². The minimum atomic E-state index is -0.384. The Morgan fingerprint density at radius 3 is 2.38 bits per heavy atom. The van der Waals surface area contributed by atoms with Gasteiger partial charge in [0.1, 0.15) is 6.04 Å². The van der Waals surface area contributed by atoms with Crippen molar-refractivity contribution < 1.29 is 14.4 Å². The van der Waals surface area contributed by atoms with E-state index >= 15 is 0 Å². The molecule has 0 aromatic carbocycles. The van der Waals surface area contributed by atoms with Crippen LogP contribution in [-0.2, 0) is 5.41 Å².